The Hall–Kier alpha value is -1.07. The summed E-state index contributed by atoms with van der Waals surface area (Å²) in [4.78, 5) is 17.6. The normalized spacial score (nSPS) is 10.7. The summed E-state index contributed by atoms with van der Waals surface area (Å²) < 4.78 is 0.461. The quantitative estimate of drug-likeness (QED) is 0.773. The molecule has 0 saturated carbocycles. The number of halogens is 2. The fraction of sp³-hybridized carbons (Fsp3) is 0. The van der Waals surface area contributed by atoms with Crippen LogP contribution in [0.3, 0.4) is 0 Å². The first kappa shape index (κ1) is 9.48. The first-order valence-corrected chi connectivity index (χ1v) is 4.82. The highest BCUT2D eigenvalue weighted by Gasteiger charge is 2.12. The molecule has 0 atom stereocenters. The van der Waals surface area contributed by atoms with Crippen LogP contribution in [0.25, 0.3) is 10.9 Å². The molecule has 0 spiro atoms. The van der Waals surface area contributed by atoms with Crippen molar-refractivity contribution in [3.63, 3.8) is 0 Å². The van der Waals surface area contributed by atoms with E-state index in [0.29, 0.717) is 4.47 Å². The first-order chi connectivity index (χ1) is 6.61. The number of rotatable bonds is 0. The van der Waals surface area contributed by atoms with Gasteiger partial charge in [0.25, 0.3) is 5.56 Å². The Morgan fingerprint density at radius 3 is 3.00 bits per heavy atom. The maximum absolute atomic E-state index is 11.4. The van der Waals surface area contributed by atoms with Crippen molar-refractivity contribution in [2.24, 2.45) is 0 Å². The van der Waals surface area contributed by atoms with E-state index in [1.54, 1.807) is 0 Å². The molecule has 1 aromatic carbocycles. The van der Waals surface area contributed by atoms with Gasteiger partial charge in [0.15, 0.2) is 0 Å². The number of aromatic nitrogens is 2. The highest BCUT2D eigenvalue weighted by Crippen LogP contribution is 2.33. The van der Waals surface area contributed by atoms with Gasteiger partial charge in [0, 0.05) is 4.47 Å². The van der Waals surface area contributed by atoms with Crippen molar-refractivity contribution in [3.05, 3.63) is 32.2 Å². The van der Waals surface area contributed by atoms with Crippen LogP contribution >= 0.6 is 27.5 Å². The summed E-state index contributed by atoms with van der Waals surface area (Å²) in [7, 11) is 0. The molecule has 0 fully saturated rings. The number of fused-ring (bicyclic) bond motifs is 1. The van der Waals surface area contributed by atoms with Gasteiger partial charge in [-0.05, 0) is 22.0 Å². The van der Waals surface area contributed by atoms with Gasteiger partial charge in [-0.3, -0.25) is 4.79 Å². The van der Waals surface area contributed by atoms with E-state index in [-0.39, 0.29) is 27.2 Å². The summed E-state index contributed by atoms with van der Waals surface area (Å²) in [5.74, 6) is -0.0811. The fourth-order valence-corrected chi connectivity index (χ4v) is 1.81. The predicted molar refractivity (Wildman–Crippen MR) is 56.7 cm³/mol. The molecule has 72 valence electrons. The minimum absolute atomic E-state index is 0.0811. The standard InChI is InChI=1S/C8H4BrClN2O2/c9-3-1-4(13)7-5(6(3)10)8(14)12-2-11-7/h1-2,13H,(H,11,12,14). The molecule has 2 N–H and O–H groups in total. The van der Waals surface area contributed by atoms with Gasteiger partial charge in [0.05, 0.1) is 16.7 Å². The Morgan fingerprint density at radius 1 is 1.57 bits per heavy atom. The second-order valence-corrected chi connectivity index (χ2v) is 3.88. The highest BCUT2D eigenvalue weighted by atomic mass is 79.9. The summed E-state index contributed by atoms with van der Waals surface area (Å²) in [6, 6.07) is 1.40. The van der Waals surface area contributed by atoms with Crippen molar-refractivity contribution in [3.8, 4) is 5.75 Å². The average Bonchev–Trinajstić information content (AvgIpc) is 2.14. The number of nitrogens with one attached hydrogen (secondary N) is 1. The Kier molecular flexibility index (Phi) is 2.20. The zero-order valence-corrected chi connectivity index (χ0v) is 9.06. The van der Waals surface area contributed by atoms with Gasteiger partial charge in [-0.1, -0.05) is 11.6 Å². The van der Waals surface area contributed by atoms with Crippen LogP contribution in [0.4, 0.5) is 0 Å². The summed E-state index contributed by atoms with van der Waals surface area (Å²) in [5.41, 5.74) is -0.182. The number of hydrogen-bond acceptors (Lipinski definition) is 3. The topological polar surface area (TPSA) is 66.0 Å². The largest absolute Gasteiger partial charge is 0.506 e. The van der Waals surface area contributed by atoms with E-state index in [9.17, 15) is 9.90 Å². The number of H-pyrrole nitrogens is 1. The van der Waals surface area contributed by atoms with Gasteiger partial charge in [-0.2, -0.15) is 0 Å². The molecule has 0 unspecified atom stereocenters. The third-order valence-corrected chi connectivity index (χ3v) is 3.03. The third-order valence-electron chi connectivity index (χ3n) is 1.79. The van der Waals surface area contributed by atoms with Crippen molar-refractivity contribution >= 4 is 38.4 Å². The van der Waals surface area contributed by atoms with Crippen LogP contribution in [-0.4, -0.2) is 15.1 Å². The molecule has 0 aliphatic heterocycles. The van der Waals surface area contributed by atoms with Crippen LogP contribution < -0.4 is 5.56 Å². The maximum atomic E-state index is 11.4. The molecule has 2 aromatic rings. The lowest BCUT2D eigenvalue weighted by molar-refractivity contribution is 0.480. The molecule has 0 saturated heterocycles. The van der Waals surface area contributed by atoms with Crippen molar-refractivity contribution in [1.29, 1.82) is 0 Å². The lowest BCUT2D eigenvalue weighted by Gasteiger charge is -2.02. The fourth-order valence-electron chi connectivity index (χ4n) is 1.17. The minimum atomic E-state index is -0.378. The Labute approximate surface area is 91.7 Å². The number of aromatic hydroxyl groups is 1. The summed E-state index contributed by atoms with van der Waals surface area (Å²) >= 11 is 9.01. The Morgan fingerprint density at radius 2 is 2.29 bits per heavy atom. The van der Waals surface area contributed by atoms with Crippen LogP contribution in [0, 0.1) is 0 Å². The van der Waals surface area contributed by atoms with Gasteiger partial charge in [-0.25, -0.2) is 4.98 Å². The summed E-state index contributed by atoms with van der Waals surface area (Å²) in [6.45, 7) is 0. The molecule has 0 radical (unpaired) electrons. The Bertz CT molecular complexity index is 567. The molecule has 0 aliphatic rings. The van der Waals surface area contributed by atoms with Gasteiger partial charge in [0.1, 0.15) is 11.3 Å². The first-order valence-electron chi connectivity index (χ1n) is 3.65. The van der Waals surface area contributed by atoms with Gasteiger partial charge < -0.3 is 10.1 Å². The van der Waals surface area contributed by atoms with Crippen LogP contribution in [0.5, 0.6) is 5.75 Å². The van der Waals surface area contributed by atoms with E-state index in [4.69, 9.17) is 11.6 Å². The van der Waals surface area contributed by atoms with Crippen molar-refractivity contribution in [2.45, 2.75) is 0 Å². The smallest absolute Gasteiger partial charge is 0.260 e. The molecule has 0 amide bonds. The zero-order chi connectivity index (χ0) is 10.3. The molecule has 1 aromatic heterocycles. The number of nitrogens with zero attached hydrogens (tertiary/aromatic N) is 1. The van der Waals surface area contributed by atoms with E-state index in [0.717, 1.165) is 0 Å². The van der Waals surface area contributed by atoms with Crippen LogP contribution in [0.1, 0.15) is 0 Å². The SMILES string of the molecule is O=c1[nH]cnc2c(O)cc(Br)c(Cl)c12. The van der Waals surface area contributed by atoms with E-state index in [1.165, 1.54) is 12.4 Å². The third kappa shape index (κ3) is 1.29. The van der Waals surface area contributed by atoms with Crippen LogP contribution in [0.2, 0.25) is 5.02 Å². The average molecular weight is 275 g/mol. The van der Waals surface area contributed by atoms with Crippen molar-refractivity contribution in [1.82, 2.24) is 9.97 Å². The van der Waals surface area contributed by atoms with E-state index in [1.807, 2.05) is 0 Å². The van der Waals surface area contributed by atoms with E-state index >= 15 is 0 Å². The molecular formula is C8H4BrClN2O2. The number of phenols is 1. The van der Waals surface area contributed by atoms with Crippen molar-refractivity contribution < 1.29 is 5.11 Å². The van der Waals surface area contributed by atoms with E-state index < -0.39 is 0 Å². The lowest BCUT2D eigenvalue weighted by Crippen LogP contribution is -2.06. The zero-order valence-electron chi connectivity index (χ0n) is 6.71. The predicted octanol–water partition coefficient (Wildman–Crippen LogP) is 2.04. The summed E-state index contributed by atoms with van der Waals surface area (Å²) in [6.07, 6.45) is 1.22. The molecule has 14 heavy (non-hydrogen) atoms. The highest BCUT2D eigenvalue weighted by molar-refractivity contribution is 9.10. The molecule has 0 bridgehead atoms. The maximum Gasteiger partial charge on any atom is 0.260 e. The number of hydrogen-bond donors (Lipinski definition) is 2. The molecule has 4 nitrogen and oxygen atoms in total. The molecule has 0 aliphatic carbocycles. The molecule has 1 heterocycles. The van der Waals surface area contributed by atoms with Crippen LogP contribution in [-0.2, 0) is 0 Å². The summed E-state index contributed by atoms with van der Waals surface area (Å²) in [5, 5.41) is 9.92. The number of benzene rings is 1. The molecular weight excluding hydrogens is 271 g/mol. The van der Waals surface area contributed by atoms with Crippen molar-refractivity contribution in [2.75, 3.05) is 0 Å². The molecule has 2 rings (SSSR count). The van der Waals surface area contributed by atoms with Crippen LogP contribution in [0.15, 0.2) is 21.7 Å². The second kappa shape index (κ2) is 3.25. The van der Waals surface area contributed by atoms with Gasteiger partial charge in [-0.15, -0.1) is 0 Å². The number of aromatic amines is 1. The monoisotopic (exact) mass is 274 g/mol. The number of phenolic OH excluding ortho intramolecular Hbond substituents is 1. The Balaban J connectivity index is 3.11. The molecule has 6 heteroatoms. The lowest BCUT2D eigenvalue weighted by atomic mass is 10.2. The van der Waals surface area contributed by atoms with E-state index in [2.05, 4.69) is 25.9 Å². The van der Waals surface area contributed by atoms with Gasteiger partial charge in [0.2, 0.25) is 0 Å². The second-order valence-electron chi connectivity index (χ2n) is 2.65. The minimum Gasteiger partial charge on any atom is -0.506 e. The van der Waals surface area contributed by atoms with Gasteiger partial charge >= 0.3 is 0 Å².